The summed E-state index contributed by atoms with van der Waals surface area (Å²) in [7, 11) is 0. The van der Waals surface area contributed by atoms with Gasteiger partial charge in [0.15, 0.2) is 0 Å². The second-order valence-electron chi connectivity index (χ2n) is 5.03. The van der Waals surface area contributed by atoms with Crippen LogP contribution in [0.3, 0.4) is 0 Å². The number of carbonyl (C=O) groups excluding carboxylic acids is 1. The molecular formula is C14H20ClN3O. The van der Waals surface area contributed by atoms with E-state index in [-0.39, 0.29) is 18.5 Å². The summed E-state index contributed by atoms with van der Waals surface area (Å²) in [5, 5.41) is 3.76. The Morgan fingerprint density at radius 1 is 1.42 bits per heavy atom. The molecule has 1 fully saturated rings. The van der Waals surface area contributed by atoms with E-state index in [1.165, 1.54) is 12.8 Å². The van der Waals surface area contributed by atoms with E-state index in [1.54, 1.807) is 0 Å². The lowest BCUT2D eigenvalue weighted by Crippen LogP contribution is -2.40. The Balaban J connectivity index is 2.15. The zero-order chi connectivity index (χ0) is 13.7. The molecule has 0 spiro atoms. The van der Waals surface area contributed by atoms with Gasteiger partial charge in [-0.1, -0.05) is 36.6 Å². The van der Waals surface area contributed by atoms with E-state index in [2.05, 4.69) is 10.7 Å². The maximum absolute atomic E-state index is 11.8. The summed E-state index contributed by atoms with van der Waals surface area (Å²) in [4.78, 5) is 11.8. The van der Waals surface area contributed by atoms with Crippen LogP contribution in [0.25, 0.3) is 0 Å². The first kappa shape index (κ1) is 14.3. The van der Waals surface area contributed by atoms with Gasteiger partial charge in [0.25, 0.3) is 0 Å². The second kappa shape index (κ2) is 6.89. The maximum atomic E-state index is 11.8. The third-order valence-electron chi connectivity index (χ3n) is 3.66. The van der Waals surface area contributed by atoms with Crippen molar-refractivity contribution in [3.63, 3.8) is 0 Å². The lowest BCUT2D eigenvalue weighted by molar-refractivity contribution is -0.121. The van der Waals surface area contributed by atoms with Gasteiger partial charge >= 0.3 is 0 Å². The average molecular weight is 282 g/mol. The number of halogens is 1. The molecule has 1 aromatic carbocycles. The molecule has 1 unspecified atom stereocenters. The van der Waals surface area contributed by atoms with E-state index in [1.807, 2.05) is 24.3 Å². The number of amides is 1. The Bertz CT molecular complexity index is 432. The van der Waals surface area contributed by atoms with Crippen molar-refractivity contribution in [2.75, 3.05) is 6.54 Å². The molecule has 1 saturated carbocycles. The number of rotatable bonds is 5. The van der Waals surface area contributed by atoms with Crippen molar-refractivity contribution < 1.29 is 4.79 Å². The first-order valence-corrected chi connectivity index (χ1v) is 7.07. The number of nitrogens with one attached hydrogen (secondary N) is 2. The molecule has 0 aliphatic heterocycles. The third kappa shape index (κ3) is 3.93. The minimum Gasteiger partial charge on any atom is -0.348 e. The highest BCUT2D eigenvalue weighted by molar-refractivity contribution is 6.30. The molecule has 1 aliphatic carbocycles. The molecule has 104 valence electrons. The smallest absolute Gasteiger partial charge is 0.235 e. The van der Waals surface area contributed by atoms with Crippen molar-refractivity contribution >= 4 is 17.5 Å². The predicted octanol–water partition coefficient (Wildman–Crippen LogP) is 2.15. The molecule has 0 saturated heterocycles. The van der Waals surface area contributed by atoms with Gasteiger partial charge in [0.2, 0.25) is 5.91 Å². The maximum Gasteiger partial charge on any atom is 0.235 e. The molecule has 19 heavy (non-hydrogen) atoms. The van der Waals surface area contributed by atoms with E-state index in [4.69, 9.17) is 17.4 Å². The quantitative estimate of drug-likeness (QED) is 0.572. The number of hydrogen-bond acceptors (Lipinski definition) is 3. The van der Waals surface area contributed by atoms with Gasteiger partial charge in [-0.05, 0) is 36.5 Å². The molecule has 0 radical (unpaired) electrons. The van der Waals surface area contributed by atoms with Crippen LogP contribution < -0.4 is 16.6 Å². The van der Waals surface area contributed by atoms with Crippen molar-refractivity contribution in [1.29, 1.82) is 0 Å². The van der Waals surface area contributed by atoms with Crippen LogP contribution in [-0.2, 0) is 4.79 Å². The summed E-state index contributed by atoms with van der Waals surface area (Å²) in [6, 6.07) is 7.75. The number of nitrogens with two attached hydrogens (primary N) is 1. The van der Waals surface area contributed by atoms with Crippen molar-refractivity contribution in [2.24, 2.45) is 11.8 Å². The molecule has 1 aliphatic rings. The molecule has 0 aromatic heterocycles. The molecule has 4 nitrogen and oxygen atoms in total. The molecule has 5 heteroatoms. The number of hydrazine groups is 1. The normalized spacial score (nSPS) is 17.4. The summed E-state index contributed by atoms with van der Waals surface area (Å²) in [6.07, 6.45) is 4.75. The largest absolute Gasteiger partial charge is 0.348 e. The molecule has 1 aromatic rings. The van der Waals surface area contributed by atoms with Gasteiger partial charge in [0.1, 0.15) is 0 Å². The Morgan fingerprint density at radius 3 is 2.79 bits per heavy atom. The summed E-state index contributed by atoms with van der Waals surface area (Å²) in [6.45, 7) is 0.129. The van der Waals surface area contributed by atoms with Crippen LogP contribution in [0.5, 0.6) is 0 Å². The van der Waals surface area contributed by atoms with Gasteiger partial charge in [0.05, 0.1) is 12.6 Å². The minimum absolute atomic E-state index is 0.0297. The Morgan fingerprint density at radius 2 is 2.16 bits per heavy atom. The first-order valence-electron chi connectivity index (χ1n) is 6.69. The van der Waals surface area contributed by atoms with E-state index in [9.17, 15) is 4.79 Å². The Labute approximate surface area is 118 Å². The lowest BCUT2D eigenvalue weighted by atomic mass is 9.91. The molecule has 1 amide bonds. The van der Waals surface area contributed by atoms with Crippen LogP contribution >= 0.6 is 11.6 Å². The molecule has 2 rings (SSSR count). The standard InChI is InChI=1S/C14H20ClN3O/c15-12-7-3-6-11(8-12)14(10-4-1-2-5-10)18-13(19)9-17-16/h3,6-8,10,14,17H,1-2,4-5,9,16H2,(H,18,19). The highest BCUT2D eigenvalue weighted by atomic mass is 35.5. The summed E-state index contributed by atoms with van der Waals surface area (Å²) in [5.41, 5.74) is 3.46. The van der Waals surface area contributed by atoms with Crippen LogP contribution in [0, 0.1) is 5.92 Å². The van der Waals surface area contributed by atoms with Gasteiger partial charge in [-0.2, -0.15) is 0 Å². The van der Waals surface area contributed by atoms with Gasteiger partial charge in [-0.25, -0.2) is 0 Å². The fourth-order valence-corrected chi connectivity index (χ4v) is 2.98. The van der Waals surface area contributed by atoms with Crippen LogP contribution in [0.4, 0.5) is 0 Å². The topological polar surface area (TPSA) is 67.1 Å². The summed E-state index contributed by atoms with van der Waals surface area (Å²) >= 11 is 6.05. The molecule has 0 heterocycles. The highest BCUT2D eigenvalue weighted by Crippen LogP contribution is 2.36. The van der Waals surface area contributed by atoms with Gasteiger partial charge in [-0.3, -0.25) is 16.1 Å². The molecule has 0 bridgehead atoms. The van der Waals surface area contributed by atoms with Gasteiger partial charge < -0.3 is 5.32 Å². The molecule has 1 atom stereocenters. The van der Waals surface area contributed by atoms with Crippen molar-refractivity contribution in [1.82, 2.24) is 10.7 Å². The fraction of sp³-hybridized carbons (Fsp3) is 0.500. The number of carbonyl (C=O) groups is 1. The van der Waals surface area contributed by atoms with Gasteiger partial charge in [0, 0.05) is 5.02 Å². The van der Waals surface area contributed by atoms with Crippen LogP contribution in [0.15, 0.2) is 24.3 Å². The molecule has 4 N–H and O–H groups in total. The van der Waals surface area contributed by atoms with E-state index >= 15 is 0 Å². The predicted molar refractivity (Wildman–Crippen MR) is 76.5 cm³/mol. The zero-order valence-corrected chi connectivity index (χ0v) is 11.6. The van der Waals surface area contributed by atoms with E-state index < -0.39 is 0 Å². The summed E-state index contributed by atoms with van der Waals surface area (Å²) in [5.74, 6) is 5.59. The van der Waals surface area contributed by atoms with E-state index in [0.29, 0.717) is 10.9 Å². The van der Waals surface area contributed by atoms with Crippen LogP contribution in [0.2, 0.25) is 5.02 Å². The van der Waals surface area contributed by atoms with Crippen molar-refractivity contribution in [3.05, 3.63) is 34.9 Å². The first-order chi connectivity index (χ1) is 9.20. The highest BCUT2D eigenvalue weighted by Gasteiger charge is 2.27. The second-order valence-corrected chi connectivity index (χ2v) is 5.46. The SMILES string of the molecule is NNCC(=O)NC(c1cccc(Cl)c1)C1CCCC1. The van der Waals surface area contributed by atoms with Crippen LogP contribution in [-0.4, -0.2) is 12.5 Å². The number of benzene rings is 1. The Kier molecular flexibility index (Phi) is 5.19. The third-order valence-corrected chi connectivity index (χ3v) is 3.89. The van der Waals surface area contributed by atoms with Gasteiger partial charge in [-0.15, -0.1) is 0 Å². The molecular weight excluding hydrogens is 262 g/mol. The monoisotopic (exact) mass is 281 g/mol. The summed E-state index contributed by atoms with van der Waals surface area (Å²) < 4.78 is 0. The minimum atomic E-state index is -0.0839. The number of hydrogen-bond donors (Lipinski definition) is 3. The van der Waals surface area contributed by atoms with Crippen LogP contribution in [0.1, 0.15) is 37.3 Å². The fourth-order valence-electron chi connectivity index (χ4n) is 2.78. The van der Waals surface area contributed by atoms with E-state index in [0.717, 1.165) is 18.4 Å². The lowest BCUT2D eigenvalue weighted by Gasteiger charge is -2.25. The van der Waals surface area contributed by atoms with Crippen molar-refractivity contribution in [2.45, 2.75) is 31.7 Å². The van der Waals surface area contributed by atoms with Crippen molar-refractivity contribution in [3.8, 4) is 0 Å². The Hall–Kier alpha value is -1.10. The average Bonchev–Trinajstić information content (AvgIpc) is 2.90. The zero-order valence-electron chi connectivity index (χ0n) is 10.9.